The Morgan fingerprint density at radius 2 is 1.64 bits per heavy atom. The first-order chi connectivity index (χ1) is 17.2. The fourth-order valence-corrected chi connectivity index (χ4v) is 5.14. The van der Waals surface area contributed by atoms with Gasteiger partial charge in [-0.25, -0.2) is 9.48 Å². The molecular formula is C26H29BrN6O3. The number of aromatic amines is 1. The number of H-pyrrole nitrogens is 1. The molecule has 0 atom stereocenters. The first-order valence-corrected chi connectivity index (χ1v) is 12.6. The lowest BCUT2D eigenvalue weighted by Gasteiger charge is -2.30. The molecule has 1 aliphatic rings. The topological polar surface area (TPSA) is 89.6 Å². The highest BCUT2D eigenvalue weighted by Gasteiger charge is 2.19. The molecule has 0 bridgehead atoms. The number of halogens is 1. The van der Waals surface area contributed by atoms with Gasteiger partial charge in [-0.1, -0.05) is 15.9 Å². The van der Waals surface area contributed by atoms with Crippen molar-refractivity contribution in [3.8, 4) is 5.69 Å². The van der Waals surface area contributed by atoms with Gasteiger partial charge in [-0.3, -0.25) is 24.0 Å². The number of nitrogens with one attached hydrogen (secondary N) is 1. The summed E-state index contributed by atoms with van der Waals surface area (Å²) in [5.74, 6) is 0. The molecule has 5 rings (SSSR count). The maximum absolute atomic E-state index is 13.4. The molecule has 1 N–H and O–H groups in total. The monoisotopic (exact) mass is 552 g/mol. The predicted octanol–water partition coefficient (Wildman–Crippen LogP) is 3.63. The second-order valence-corrected chi connectivity index (χ2v) is 10.0. The Kier molecular flexibility index (Phi) is 6.25. The minimum Gasteiger partial charge on any atom is -0.378 e. The number of benzene rings is 2. The molecule has 0 saturated carbocycles. The summed E-state index contributed by atoms with van der Waals surface area (Å²) in [6, 6.07) is 7.79. The van der Waals surface area contributed by atoms with Crippen molar-refractivity contribution < 1.29 is 4.74 Å². The Morgan fingerprint density at radius 3 is 2.33 bits per heavy atom. The highest BCUT2D eigenvalue weighted by atomic mass is 79.9. The van der Waals surface area contributed by atoms with Crippen LogP contribution in [0.1, 0.15) is 22.4 Å². The molecule has 9 nitrogen and oxygen atoms in total. The average Bonchev–Trinajstić information content (AvgIpc) is 3.28. The van der Waals surface area contributed by atoms with E-state index in [0.29, 0.717) is 24.5 Å². The number of aliphatic imine (C=N–C) groups is 1. The second kappa shape index (κ2) is 9.25. The van der Waals surface area contributed by atoms with Crippen molar-refractivity contribution in [1.29, 1.82) is 0 Å². The van der Waals surface area contributed by atoms with Gasteiger partial charge < -0.3 is 9.64 Å². The number of fused-ring (bicyclic) bond motifs is 1. The number of hydrogen-bond donors (Lipinski definition) is 1. The lowest BCUT2D eigenvalue weighted by atomic mass is 10.1. The Balaban J connectivity index is 1.63. The molecule has 0 aliphatic carbocycles. The molecule has 1 saturated heterocycles. The van der Waals surface area contributed by atoms with Crippen molar-refractivity contribution in [1.82, 2.24) is 18.9 Å². The van der Waals surface area contributed by atoms with Gasteiger partial charge in [0.1, 0.15) is 0 Å². The highest BCUT2D eigenvalue weighted by molar-refractivity contribution is 9.10. The van der Waals surface area contributed by atoms with E-state index in [9.17, 15) is 9.59 Å². The highest BCUT2D eigenvalue weighted by Crippen LogP contribution is 2.34. The predicted molar refractivity (Wildman–Crippen MR) is 147 cm³/mol. The van der Waals surface area contributed by atoms with E-state index in [1.54, 1.807) is 34.1 Å². The number of aryl methyl sites for hydroxylation is 3. The zero-order chi connectivity index (χ0) is 25.7. The number of anilines is 1. The van der Waals surface area contributed by atoms with Gasteiger partial charge in [-0.2, -0.15) is 0 Å². The molecule has 0 amide bonds. The molecule has 36 heavy (non-hydrogen) atoms. The van der Waals surface area contributed by atoms with Crippen LogP contribution >= 0.6 is 15.9 Å². The van der Waals surface area contributed by atoms with Crippen LogP contribution in [-0.2, 0) is 18.8 Å². The zero-order valence-corrected chi connectivity index (χ0v) is 22.6. The maximum atomic E-state index is 13.4. The number of hydrogen-bond acceptors (Lipinski definition) is 5. The Hall–Kier alpha value is -3.37. The molecule has 2 aromatic heterocycles. The third-order valence-electron chi connectivity index (χ3n) is 7.10. The van der Waals surface area contributed by atoms with Crippen molar-refractivity contribution >= 4 is 44.6 Å². The molecule has 2 aromatic carbocycles. The molecule has 0 unspecified atom stereocenters. The minimum absolute atomic E-state index is 0.0939. The summed E-state index contributed by atoms with van der Waals surface area (Å²) in [4.78, 5) is 33.0. The van der Waals surface area contributed by atoms with Crippen LogP contribution in [0.15, 0.2) is 43.3 Å². The number of ether oxygens (including phenoxy) is 1. The molecule has 1 aliphatic heterocycles. The van der Waals surface area contributed by atoms with Crippen molar-refractivity contribution in [2.45, 2.75) is 20.8 Å². The third-order valence-corrected chi connectivity index (χ3v) is 7.96. The quantitative estimate of drug-likeness (QED) is 0.391. The summed E-state index contributed by atoms with van der Waals surface area (Å²) >= 11 is 3.56. The van der Waals surface area contributed by atoms with Crippen LogP contribution in [-0.4, -0.2) is 51.4 Å². The van der Waals surface area contributed by atoms with E-state index in [4.69, 9.17) is 9.73 Å². The van der Waals surface area contributed by atoms with Crippen LogP contribution in [0.5, 0.6) is 0 Å². The Labute approximate surface area is 216 Å². The van der Waals surface area contributed by atoms with Crippen molar-refractivity contribution in [2.24, 2.45) is 19.1 Å². The largest absolute Gasteiger partial charge is 0.378 e. The maximum Gasteiger partial charge on any atom is 0.328 e. The lowest BCUT2D eigenvalue weighted by Crippen LogP contribution is -2.36. The van der Waals surface area contributed by atoms with Gasteiger partial charge in [-0.05, 0) is 56.2 Å². The van der Waals surface area contributed by atoms with E-state index < -0.39 is 0 Å². The molecule has 4 aromatic rings. The van der Waals surface area contributed by atoms with E-state index in [0.717, 1.165) is 56.8 Å². The van der Waals surface area contributed by atoms with Gasteiger partial charge in [-0.15, -0.1) is 0 Å². The lowest BCUT2D eigenvalue weighted by molar-refractivity contribution is 0.123. The normalized spacial score (nSPS) is 14.4. The molecule has 3 heterocycles. The van der Waals surface area contributed by atoms with Crippen LogP contribution in [0, 0.1) is 20.8 Å². The van der Waals surface area contributed by atoms with Gasteiger partial charge in [0.15, 0.2) is 0 Å². The van der Waals surface area contributed by atoms with Crippen molar-refractivity contribution in [2.75, 3.05) is 31.2 Å². The molecule has 188 valence electrons. The van der Waals surface area contributed by atoms with Gasteiger partial charge in [0.05, 0.1) is 46.9 Å². The summed E-state index contributed by atoms with van der Waals surface area (Å²) in [6.45, 7) is 8.60. The fraction of sp³-hybridized carbons (Fsp3) is 0.346. The molecule has 0 spiro atoms. The molecule has 0 radical (unpaired) electrons. The van der Waals surface area contributed by atoms with Gasteiger partial charge in [0.2, 0.25) is 0 Å². The molecule has 1 fully saturated rings. The molecular weight excluding hydrogens is 524 g/mol. The van der Waals surface area contributed by atoms with E-state index in [1.807, 2.05) is 45.0 Å². The third kappa shape index (κ3) is 3.94. The SMILES string of the molecule is Cc1[nH]n(-c2ccc(Br)c(C)c2C)c(=O)c1C=Nc1cc2c(cc1N1CCOCC1)n(C)c(=O)n2C. The number of nitrogens with zero attached hydrogens (tertiary/aromatic N) is 5. The smallest absolute Gasteiger partial charge is 0.328 e. The van der Waals surface area contributed by atoms with Crippen LogP contribution in [0.3, 0.4) is 0 Å². The number of imidazole rings is 1. The standard InChI is InChI=1S/C26H29BrN6O3/c1-15-16(2)21(7-6-19(15)27)33-25(34)18(17(3)29-33)14-28-20-12-23-24(31(5)26(35)30(23)4)13-22(20)32-8-10-36-11-9-32/h6-7,12-14,29H,8-11H2,1-5H3. The minimum atomic E-state index is -0.165. The summed E-state index contributed by atoms with van der Waals surface area (Å²) in [5.41, 5.74) is 7.10. The number of morpholine rings is 1. The van der Waals surface area contributed by atoms with Crippen LogP contribution in [0.25, 0.3) is 16.7 Å². The van der Waals surface area contributed by atoms with E-state index in [2.05, 4.69) is 25.9 Å². The van der Waals surface area contributed by atoms with Crippen LogP contribution < -0.4 is 16.1 Å². The zero-order valence-electron chi connectivity index (χ0n) is 21.1. The summed E-state index contributed by atoms with van der Waals surface area (Å²) in [5, 5.41) is 3.20. The Morgan fingerprint density at radius 1 is 0.972 bits per heavy atom. The van der Waals surface area contributed by atoms with Crippen molar-refractivity contribution in [3.05, 3.63) is 72.0 Å². The van der Waals surface area contributed by atoms with Gasteiger partial charge in [0.25, 0.3) is 5.56 Å². The van der Waals surface area contributed by atoms with E-state index >= 15 is 0 Å². The average molecular weight is 553 g/mol. The van der Waals surface area contributed by atoms with E-state index in [-0.39, 0.29) is 11.2 Å². The summed E-state index contributed by atoms with van der Waals surface area (Å²) in [6.07, 6.45) is 1.62. The first kappa shape index (κ1) is 24.3. The van der Waals surface area contributed by atoms with Crippen LogP contribution in [0.4, 0.5) is 11.4 Å². The van der Waals surface area contributed by atoms with Gasteiger partial charge in [0, 0.05) is 43.6 Å². The first-order valence-electron chi connectivity index (χ1n) is 11.8. The van der Waals surface area contributed by atoms with E-state index in [1.165, 1.54) is 0 Å². The summed E-state index contributed by atoms with van der Waals surface area (Å²) < 4.78 is 11.4. The Bertz CT molecular complexity index is 1630. The van der Waals surface area contributed by atoms with Crippen molar-refractivity contribution in [3.63, 3.8) is 0 Å². The fourth-order valence-electron chi connectivity index (χ4n) is 4.71. The molecule has 10 heteroatoms. The second-order valence-electron chi connectivity index (χ2n) is 9.20. The number of aromatic nitrogens is 4. The van der Waals surface area contributed by atoms with Crippen LogP contribution in [0.2, 0.25) is 0 Å². The van der Waals surface area contributed by atoms with Gasteiger partial charge >= 0.3 is 5.69 Å². The number of rotatable bonds is 4. The summed E-state index contributed by atoms with van der Waals surface area (Å²) in [7, 11) is 3.53.